The summed E-state index contributed by atoms with van der Waals surface area (Å²) in [5.74, 6) is 0.857. The number of carbonyl (C=O) groups is 1. The Morgan fingerprint density at radius 3 is 2.36 bits per heavy atom. The maximum atomic E-state index is 11.9. The number of amides is 1. The van der Waals surface area contributed by atoms with E-state index >= 15 is 0 Å². The Balaban J connectivity index is 1.84. The second-order valence-electron chi connectivity index (χ2n) is 8.05. The van der Waals surface area contributed by atoms with Crippen LogP contribution in [-0.4, -0.2) is 62.1 Å². The monoisotopic (exact) mass is 351 g/mol. The molecule has 0 spiro atoms. The first kappa shape index (κ1) is 20.0. The molecule has 0 radical (unpaired) electrons. The van der Waals surface area contributed by atoms with E-state index in [-0.39, 0.29) is 5.91 Å². The van der Waals surface area contributed by atoms with Crippen LogP contribution in [0.25, 0.3) is 0 Å². The summed E-state index contributed by atoms with van der Waals surface area (Å²) in [7, 11) is 1.68. The van der Waals surface area contributed by atoms with Crippen LogP contribution in [0.2, 0.25) is 0 Å². The minimum absolute atomic E-state index is 0.0250. The van der Waals surface area contributed by atoms with Gasteiger partial charge in [0.25, 0.3) is 0 Å². The molecule has 144 valence electrons. The van der Waals surface area contributed by atoms with Crippen LogP contribution in [0, 0.1) is 5.41 Å². The lowest BCUT2D eigenvalue weighted by Crippen LogP contribution is -2.50. The van der Waals surface area contributed by atoms with Crippen LogP contribution in [0.1, 0.15) is 59.3 Å². The molecule has 2 rings (SSSR count). The molecule has 0 aromatic carbocycles. The van der Waals surface area contributed by atoms with Gasteiger partial charge in [0.15, 0.2) is 5.96 Å². The van der Waals surface area contributed by atoms with Gasteiger partial charge in [-0.3, -0.25) is 9.79 Å². The van der Waals surface area contributed by atoms with Gasteiger partial charge in [0.2, 0.25) is 5.91 Å². The summed E-state index contributed by atoms with van der Waals surface area (Å²) in [6.45, 7) is 9.61. The average Bonchev–Trinajstić information content (AvgIpc) is 3.14. The molecule has 0 aromatic rings. The van der Waals surface area contributed by atoms with Crippen molar-refractivity contribution in [1.82, 2.24) is 20.9 Å². The molecular weight excluding hydrogens is 314 g/mol. The number of hydrogen-bond acceptors (Lipinski definition) is 3. The SMILES string of the molecule is CCNC(=NCC(C)(C)C(=O)NC)NC1CCN(C2CCCC2)CC1. The molecule has 25 heavy (non-hydrogen) atoms. The molecule has 6 heteroatoms. The summed E-state index contributed by atoms with van der Waals surface area (Å²) < 4.78 is 0. The Morgan fingerprint density at radius 1 is 1.16 bits per heavy atom. The molecular formula is C19H37N5O. The lowest BCUT2D eigenvalue weighted by atomic mass is 9.93. The summed E-state index contributed by atoms with van der Waals surface area (Å²) in [6, 6.07) is 1.30. The van der Waals surface area contributed by atoms with Crippen molar-refractivity contribution in [2.45, 2.75) is 71.4 Å². The number of rotatable bonds is 6. The molecule has 1 saturated carbocycles. The van der Waals surface area contributed by atoms with E-state index in [2.05, 4.69) is 32.8 Å². The lowest BCUT2D eigenvalue weighted by molar-refractivity contribution is -0.128. The fourth-order valence-corrected chi connectivity index (χ4v) is 3.88. The van der Waals surface area contributed by atoms with Gasteiger partial charge in [-0.1, -0.05) is 12.8 Å². The average molecular weight is 352 g/mol. The highest BCUT2D eigenvalue weighted by atomic mass is 16.2. The van der Waals surface area contributed by atoms with Crippen molar-refractivity contribution < 1.29 is 4.79 Å². The molecule has 0 bridgehead atoms. The fourth-order valence-electron chi connectivity index (χ4n) is 3.88. The Morgan fingerprint density at radius 2 is 1.80 bits per heavy atom. The van der Waals surface area contributed by atoms with Crippen LogP contribution in [0.5, 0.6) is 0 Å². The van der Waals surface area contributed by atoms with Gasteiger partial charge in [-0.15, -0.1) is 0 Å². The van der Waals surface area contributed by atoms with Gasteiger partial charge in [-0.2, -0.15) is 0 Å². The number of nitrogens with zero attached hydrogens (tertiary/aromatic N) is 2. The highest BCUT2D eigenvalue weighted by Crippen LogP contribution is 2.26. The van der Waals surface area contributed by atoms with E-state index in [1.165, 1.54) is 51.6 Å². The summed E-state index contributed by atoms with van der Waals surface area (Å²) in [5.41, 5.74) is -0.497. The summed E-state index contributed by atoms with van der Waals surface area (Å²) in [5, 5.41) is 9.62. The van der Waals surface area contributed by atoms with E-state index in [1.807, 2.05) is 13.8 Å². The zero-order valence-electron chi connectivity index (χ0n) is 16.5. The maximum absolute atomic E-state index is 11.9. The molecule has 6 nitrogen and oxygen atoms in total. The van der Waals surface area contributed by atoms with Crippen LogP contribution in [0.3, 0.4) is 0 Å². The Bertz CT molecular complexity index is 449. The highest BCUT2D eigenvalue weighted by molar-refractivity contribution is 5.83. The van der Waals surface area contributed by atoms with Crippen LogP contribution >= 0.6 is 0 Å². The van der Waals surface area contributed by atoms with Gasteiger partial charge in [0.05, 0.1) is 12.0 Å². The van der Waals surface area contributed by atoms with Gasteiger partial charge >= 0.3 is 0 Å². The fraction of sp³-hybridized carbons (Fsp3) is 0.895. The topological polar surface area (TPSA) is 68.8 Å². The number of nitrogens with one attached hydrogen (secondary N) is 3. The van der Waals surface area contributed by atoms with Crippen molar-refractivity contribution in [1.29, 1.82) is 0 Å². The van der Waals surface area contributed by atoms with Gasteiger partial charge in [-0.25, -0.2) is 0 Å². The molecule has 3 N–H and O–H groups in total. The van der Waals surface area contributed by atoms with E-state index in [0.29, 0.717) is 12.6 Å². The highest BCUT2D eigenvalue weighted by Gasteiger charge is 2.28. The Kier molecular flexibility index (Phi) is 7.54. The van der Waals surface area contributed by atoms with Crippen molar-refractivity contribution in [3.63, 3.8) is 0 Å². The molecule has 0 aromatic heterocycles. The molecule has 0 atom stereocenters. The number of guanidine groups is 1. The Hall–Kier alpha value is -1.30. The zero-order valence-corrected chi connectivity index (χ0v) is 16.5. The predicted octanol–water partition coefficient (Wildman–Crippen LogP) is 1.72. The van der Waals surface area contributed by atoms with E-state index in [0.717, 1.165) is 18.5 Å². The van der Waals surface area contributed by atoms with Crippen molar-refractivity contribution in [2.75, 3.05) is 33.2 Å². The van der Waals surface area contributed by atoms with Crippen molar-refractivity contribution in [2.24, 2.45) is 10.4 Å². The van der Waals surface area contributed by atoms with Gasteiger partial charge in [0.1, 0.15) is 0 Å². The minimum atomic E-state index is -0.497. The van der Waals surface area contributed by atoms with E-state index in [1.54, 1.807) is 7.05 Å². The maximum Gasteiger partial charge on any atom is 0.227 e. The predicted molar refractivity (Wildman–Crippen MR) is 104 cm³/mol. The molecule has 1 aliphatic carbocycles. The zero-order chi connectivity index (χ0) is 18.3. The van der Waals surface area contributed by atoms with Crippen LogP contribution in [-0.2, 0) is 4.79 Å². The van der Waals surface area contributed by atoms with Crippen LogP contribution < -0.4 is 16.0 Å². The second kappa shape index (κ2) is 9.41. The van der Waals surface area contributed by atoms with Gasteiger partial charge < -0.3 is 20.9 Å². The van der Waals surface area contributed by atoms with E-state index < -0.39 is 5.41 Å². The van der Waals surface area contributed by atoms with Crippen LogP contribution in [0.15, 0.2) is 4.99 Å². The quantitative estimate of drug-likeness (QED) is 0.503. The third-order valence-electron chi connectivity index (χ3n) is 5.53. The summed E-state index contributed by atoms with van der Waals surface area (Å²) in [4.78, 5) is 19.3. The normalized spacial score (nSPS) is 21.4. The lowest BCUT2D eigenvalue weighted by Gasteiger charge is -2.36. The third-order valence-corrected chi connectivity index (χ3v) is 5.53. The van der Waals surface area contributed by atoms with Gasteiger partial charge in [-0.05, 0) is 46.5 Å². The van der Waals surface area contributed by atoms with E-state index in [4.69, 9.17) is 0 Å². The molecule has 1 aliphatic heterocycles. The third kappa shape index (κ3) is 5.87. The molecule has 1 saturated heterocycles. The molecule has 0 unspecified atom stereocenters. The molecule has 2 aliphatic rings. The first-order valence-corrected chi connectivity index (χ1v) is 9.97. The molecule has 1 amide bonds. The number of likely N-dealkylation sites (tertiary alicyclic amines) is 1. The largest absolute Gasteiger partial charge is 0.359 e. The smallest absolute Gasteiger partial charge is 0.227 e. The number of carbonyl (C=O) groups excluding carboxylic acids is 1. The molecule has 1 heterocycles. The summed E-state index contributed by atoms with van der Waals surface area (Å²) >= 11 is 0. The van der Waals surface area contributed by atoms with Crippen molar-refractivity contribution >= 4 is 11.9 Å². The second-order valence-corrected chi connectivity index (χ2v) is 8.05. The number of hydrogen-bond donors (Lipinski definition) is 3. The summed E-state index contributed by atoms with van der Waals surface area (Å²) in [6.07, 6.45) is 7.91. The first-order valence-electron chi connectivity index (χ1n) is 9.97. The number of aliphatic imine (C=N–C) groups is 1. The standard InChI is InChI=1S/C19H37N5O/c1-5-21-18(22-14-19(2,3)17(25)20-4)23-15-10-12-24(13-11-15)16-8-6-7-9-16/h15-16H,5-14H2,1-4H3,(H,20,25)(H2,21,22,23). The Labute approximate surface area is 153 Å². The minimum Gasteiger partial charge on any atom is -0.359 e. The van der Waals surface area contributed by atoms with Crippen molar-refractivity contribution in [3.8, 4) is 0 Å². The van der Waals surface area contributed by atoms with Crippen molar-refractivity contribution in [3.05, 3.63) is 0 Å². The first-order chi connectivity index (χ1) is 12.0. The van der Waals surface area contributed by atoms with E-state index in [9.17, 15) is 4.79 Å². The van der Waals surface area contributed by atoms with Crippen LogP contribution in [0.4, 0.5) is 0 Å². The molecule has 2 fully saturated rings. The van der Waals surface area contributed by atoms with Gasteiger partial charge in [0, 0.05) is 38.8 Å². The number of piperidine rings is 1.